The third kappa shape index (κ3) is 4.70. The van der Waals surface area contributed by atoms with Crippen molar-refractivity contribution in [3.63, 3.8) is 0 Å². The molecule has 2 aliphatic rings. The lowest BCUT2D eigenvalue weighted by Gasteiger charge is -2.29. The third-order valence-corrected chi connectivity index (χ3v) is 5.66. The molecule has 1 aromatic carbocycles. The Bertz CT molecular complexity index is 887. The van der Waals surface area contributed by atoms with Gasteiger partial charge in [-0.25, -0.2) is 9.18 Å². The van der Waals surface area contributed by atoms with Gasteiger partial charge in [0.25, 0.3) is 0 Å². The number of rotatable bonds is 6. The van der Waals surface area contributed by atoms with E-state index in [1.807, 2.05) is 0 Å². The summed E-state index contributed by atoms with van der Waals surface area (Å²) in [5.41, 5.74) is 1.62. The Morgan fingerprint density at radius 3 is 2.62 bits per heavy atom. The fourth-order valence-corrected chi connectivity index (χ4v) is 4.16. The molecule has 29 heavy (non-hydrogen) atoms. The van der Waals surface area contributed by atoms with Gasteiger partial charge in [-0.15, -0.1) is 0 Å². The van der Waals surface area contributed by atoms with Crippen molar-refractivity contribution in [3.05, 3.63) is 51.8 Å². The number of hydrogen-bond donors (Lipinski definition) is 0. The summed E-state index contributed by atoms with van der Waals surface area (Å²) >= 11 is 0. The molecule has 1 aliphatic heterocycles. The highest BCUT2D eigenvalue weighted by atomic mass is 19.1. The van der Waals surface area contributed by atoms with Gasteiger partial charge in [-0.3, -0.25) is 4.90 Å². The van der Waals surface area contributed by atoms with E-state index in [1.54, 1.807) is 12.1 Å². The molecular formula is C23H28FNO4. The molecule has 0 saturated carbocycles. The first-order valence-electron chi connectivity index (χ1n) is 10.5. The number of hydrogen-bond acceptors (Lipinski definition) is 5. The van der Waals surface area contributed by atoms with Crippen LogP contribution < -0.4 is 10.4 Å². The van der Waals surface area contributed by atoms with Crippen molar-refractivity contribution >= 4 is 0 Å². The number of halogens is 1. The van der Waals surface area contributed by atoms with Crippen molar-refractivity contribution < 1.29 is 18.3 Å². The molecule has 6 heteroatoms. The predicted octanol–water partition coefficient (Wildman–Crippen LogP) is 3.67. The Morgan fingerprint density at radius 2 is 1.86 bits per heavy atom. The number of benzene rings is 1. The molecule has 0 bridgehead atoms. The monoisotopic (exact) mass is 401 g/mol. The zero-order chi connectivity index (χ0) is 20.2. The predicted molar refractivity (Wildman–Crippen MR) is 109 cm³/mol. The summed E-state index contributed by atoms with van der Waals surface area (Å²) in [7, 11) is 0. The molecule has 1 saturated heterocycles. The molecule has 1 atom stereocenters. The first kappa shape index (κ1) is 20.1. The van der Waals surface area contributed by atoms with Gasteiger partial charge in [-0.1, -0.05) is 19.1 Å². The number of fused-ring (bicyclic) bond motifs is 1. The van der Waals surface area contributed by atoms with Crippen LogP contribution in [0.4, 0.5) is 4.39 Å². The maximum absolute atomic E-state index is 13.4. The van der Waals surface area contributed by atoms with E-state index in [0.29, 0.717) is 29.4 Å². The van der Waals surface area contributed by atoms with Gasteiger partial charge in [0.15, 0.2) is 0 Å². The molecule has 2 heterocycles. The van der Waals surface area contributed by atoms with Crippen LogP contribution in [-0.4, -0.2) is 44.4 Å². The maximum atomic E-state index is 13.4. The zero-order valence-corrected chi connectivity index (χ0v) is 16.9. The van der Waals surface area contributed by atoms with Crippen LogP contribution in [-0.2, 0) is 17.6 Å². The van der Waals surface area contributed by atoms with Crippen molar-refractivity contribution in [3.8, 4) is 16.9 Å². The first-order valence-corrected chi connectivity index (χ1v) is 10.5. The Hall–Kier alpha value is -2.18. The number of ether oxygens (including phenoxy) is 2. The molecule has 0 radical (unpaired) electrons. The Labute approximate surface area is 170 Å². The third-order valence-electron chi connectivity index (χ3n) is 5.66. The Kier molecular flexibility index (Phi) is 6.31. The van der Waals surface area contributed by atoms with Gasteiger partial charge in [0.05, 0.1) is 19.8 Å². The summed E-state index contributed by atoms with van der Waals surface area (Å²) < 4.78 is 30.7. The van der Waals surface area contributed by atoms with E-state index in [2.05, 4.69) is 11.8 Å². The molecule has 0 N–H and O–H groups in total. The topological polar surface area (TPSA) is 51.9 Å². The van der Waals surface area contributed by atoms with Crippen molar-refractivity contribution in [2.24, 2.45) is 5.92 Å². The highest BCUT2D eigenvalue weighted by Crippen LogP contribution is 2.36. The first-order chi connectivity index (χ1) is 14.1. The molecular weight excluding hydrogens is 373 g/mol. The molecule has 156 valence electrons. The average molecular weight is 401 g/mol. The van der Waals surface area contributed by atoms with Crippen molar-refractivity contribution in [2.45, 2.75) is 32.6 Å². The minimum atomic E-state index is -0.409. The summed E-state index contributed by atoms with van der Waals surface area (Å²) in [4.78, 5) is 15.2. The van der Waals surface area contributed by atoms with Crippen molar-refractivity contribution in [1.82, 2.24) is 4.90 Å². The number of aryl methyl sites for hydroxylation is 1. The van der Waals surface area contributed by atoms with Crippen LogP contribution in [0.25, 0.3) is 11.1 Å². The highest BCUT2D eigenvalue weighted by molar-refractivity contribution is 5.71. The van der Waals surface area contributed by atoms with Crippen LogP contribution in [0.5, 0.6) is 5.75 Å². The van der Waals surface area contributed by atoms with E-state index < -0.39 is 5.63 Å². The number of morpholine rings is 1. The Morgan fingerprint density at radius 1 is 1.14 bits per heavy atom. The maximum Gasteiger partial charge on any atom is 0.347 e. The molecule has 5 nitrogen and oxygen atoms in total. The lowest BCUT2D eigenvalue weighted by Crippen LogP contribution is -2.39. The van der Waals surface area contributed by atoms with Crippen molar-refractivity contribution in [1.29, 1.82) is 0 Å². The van der Waals surface area contributed by atoms with Gasteiger partial charge in [0, 0.05) is 37.5 Å². The zero-order valence-electron chi connectivity index (χ0n) is 16.9. The minimum Gasteiger partial charge on any atom is -0.492 e. The van der Waals surface area contributed by atoms with E-state index in [9.17, 15) is 9.18 Å². The van der Waals surface area contributed by atoms with Crippen LogP contribution in [0.1, 0.15) is 31.1 Å². The average Bonchev–Trinajstić information content (AvgIpc) is 2.73. The SMILES string of the molecule is CC(COc1c2c(oc(=O)c1-c1ccc(F)cc1)CCCC2)CN1CCOCC1. The summed E-state index contributed by atoms with van der Waals surface area (Å²) in [5, 5.41) is 0. The second-order valence-corrected chi connectivity index (χ2v) is 8.04. The smallest absolute Gasteiger partial charge is 0.347 e. The number of nitrogens with zero attached hydrogens (tertiary/aromatic N) is 1. The molecule has 0 spiro atoms. The van der Waals surface area contributed by atoms with E-state index in [4.69, 9.17) is 13.9 Å². The summed E-state index contributed by atoms with van der Waals surface area (Å²) in [6.07, 6.45) is 3.65. The van der Waals surface area contributed by atoms with Crippen LogP contribution in [0, 0.1) is 11.7 Å². The quantitative estimate of drug-likeness (QED) is 0.739. The van der Waals surface area contributed by atoms with Gasteiger partial charge in [0.2, 0.25) is 0 Å². The fraction of sp³-hybridized carbons (Fsp3) is 0.522. The van der Waals surface area contributed by atoms with Crippen LogP contribution in [0.15, 0.2) is 33.5 Å². The lowest BCUT2D eigenvalue weighted by atomic mass is 9.93. The second-order valence-electron chi connectivity index (χ2n) is 8.04. The van der Waals surface area contributed by atoms with E-state index in [1.165, 1.54) is 12.1 Å². The molecule has 1 aromatic heterocycles. The highest BCUT2D eigenvalue weighted by Gasteiger charge is 2.25. The largest absolute Gasteiger partial charge is 0.492 e. The van der Waals surface area contributed by atoms with Gasteiger partial charge in [-0.05, 0) is 37.0 Å². The molecule has 2 aromatic rings. The molecule has 1 unspecified atom stereocenters. The van der Waals surface area contributed by atoms with Gasteiger partial charge < -0.3 is 13.9 Å². The molecule has 0 amide bonds. The summed E-state index contributed by atoms with van der Waals surface area (Å²) in [6.45, 7) is 7.03. The van der Waals surface area contributed by atoms with Gasteiger partial charge in [0.1, 0.15) is 22.9 Å². The summed E-state index contributed by atoms with van der Waals surface area (Å²) in [5.74, 6) is 1.33. The van der Waals surface area contributed by atoms with Gasteiger partial charge in [-0.2, -0.15) is 0 Å². The molecule has 4 rings (SSSR count). The fourth-order valence-electron chi connectivity index (χ4n) is 4.16. The molecule has 1 aliphatic carbocycles. The summed E-state index contributed by atoms with van der Waals surface area (Å²) in [6, 6.07) is 5.94. The van der Waals surface area contributed by atoms with Crippen molar-refractivity contribution in [2.75, 3.05) is 39.5 Å². The normalized spacial score (nSPS) is 18.3. The van der Waals surface area contributed by atoms with Crippen LogP contribution in [0.2, 0.25) is 0 Å². The lowest BCUT2D eigenvalue weighted by molar-refractivity contribution is 0.0283. The van der Waals surface area contributed by atoms with E-state index >= 15 is 0 Å². The van der Waals surface area contributed by atoms with Gasteiger partial charge >= 0.3 is 5.63 Å². The minimum absolute atomic E-state index is 0.306. The van der Waals surface area contributed by atoms with E-state index in [0.717, 1.165) is 69.9 Å². The Balaban J connectivity index is 1.60. The van der Waals surface area contributed by atoms with Crippen LogP contribution in [0.3, 0.4) is 0 Å². The van der Waals surface area contributed by atoms with E-state index in [-0.39, 0.29) is 5.82 Å². The molecule has 1 fully saturated rings. The standard InChI is InChI=1S/C23H28FNO4/c1-16(14-25-10-12-27-13-11-25)15-28-22-19-4-2-3-5-20(19)29-23(26)21(22)17-6-8-18(24)9-7-17/h6-9,16H,2-5,10-15H2,1H3. The second kappa shape index (κ2) is 9.09. The van der Waals surface area contributed by atoms with Crippen LogP contribution >= 0.6 is 0 Å².